The van der Waals surface area contributed by atoms with Crippen LogP contribution in [0.4, 0.5) is 0 Å². The van der Waals surface area contributed by atoms with Gasteiger partial charge in [-0.15, -0.1) is 0 Å². The summed E-state index contributed by atoms with van der Waals surface area (Å²) in [6, 6.07) is 3.59. The molecule has 0 aromatic heterocycles. The second-order valence-corrected chi connectivity index (χ2v) is 6.08. The maximum absolute atomic E-state index is 12.6. The third-order valence-corrected chi connectivity index (χ3v) is 4.53. The summed E-state index contributed by atoms with van der Waals surface area (Å²) in [5.41, 5.74) is 0.0820. The Morgan fingerprint density at radius 3 is 2.62 bits per heavy atom. The van der Waals surface area contributed by atoms with Crippen molar-refractivity contribution in [3.05, 3.63) is 22.7 Å². The molecule has 0 unspecified atom stereocenters. The summed E-state index contributed by atoms with van der Waals surface area (Å²) in [5.74, 6) is 0.968. The Hall–Kier alpha value is -1.50. The highest BCUT2D eigenvalue weighted by Crippen LogP contribution is 2.36. The Bertz CT molecular complexity index is 574. The number of halogens is 1. The average molecular weight is 357 g/mol. The summed E-state index contributed by atoms with van der Waals surface area (Å²) in [4.78, 5) is 12.6. The largest absolute Gasteiger partial charge is 0.493 e. The van der Waals surface area contributed by atoms with E-state index in [-0.39, 0.29) is 5.91 Å². The first-order chi connectivity index (χ1) is 11.6. The number of nitrogens with one attached hydrogen (secondary N) is 2. The summed E-state index contributed by atoms with van der Waals surface area (Å²) >= 11 is 6.26. The van der Waals surface area contributed by atoms with E-state index in [1.165, 1.54) is 0 Å². The van der Waals surface area contributed by atoms with Crippen LogP contribution in [0.5, 0.6) is 11.5 Å². The minimum atomic E-state index is -0.760. The van der Waals surface area contributed by atoms with Gasteiger partial charge in [0.25, 0.3) is 5.91 Å². The number of carbonyl (C=O) groups excluding carboxylic acids is 1. The fourth-order valence-corrected chi connectivity index (χ4v) is 3.15. The van der Waals surface area contributed by atoms with Crippen LogP contribution in [0.3, 0.4) is 0 Å². The van der Waals surface area contributed by atoms with E-state index in [0.29, 0.717) is 42.5 Å². The van der Waals surface area contributed by atoms with Gasteiger partial charge in [0.15, 0.2) is 11.5 Å². The highest BCUT2D eigenvalue weighted by atomic mass is 35.5. The second kappa shape index (κ2) is 8.55. The van der Waals surface area contributed by atoms with Gasteiger partial charge < -0.3 is 24.8 Å². The maximum atomic E-state index is 12.6. The number of carbonyl (C=O) groups is 1. The Morgan fingerprint density at radius 1 is 1.33 bits per heavy atom. The Balaban J connectivity index is 2.08. The molecule has 1 aliphatic rings. The third kappa shape index (κ3) is 4.12. The lowest BCUT2D eigenvalue weighted by Gasteiger charge is -2.34. The highest BCUT2D eigenvalue weighted by molar-refractivity contribution is 6.32. The first-order valence-corrected chi connectivity index (χ1v) is 8.47. The first-order valence-electron chi connectivity index (χ1n) is 8.09. The molecule has 0 aliphatic carbocycles. The zero-order chi connectivity index (χ0) is 17.6. The fourth-order valence-electron chi connectivity index (χ4n) is 2.86. The highest BCUT2D eigenvalue weighted by Gasteiger charge is 2.39. The van der Waals surface area contributed by atoms with Crippen molar-refractivity contribution < 1.29 is 19.0 Å². The molecule has 1 amide bonds. The van der Waals surface area contributed by atoms with Crippen LogP contribution >= 0.6 is 11.6 Å². The van der Waals surface area contributed by atoms with Crippen LogP contribution in [-0.4, -0.2) is 45.4 Å². The van der Waals surface area contributed by atoms with Crippen LogP contribution in [0.15, 0.2) is 12.1 Å². The molecular weight excluding hydrogens is 332 g/mol. The smallest absolute Gasteiger partial charge is 0.252 e. The van der Waals surface area contributed by atoms with E-state index >= 15 is 0 Å². The zero-order valence-corrected chi connectivity index (χ0v) is 15.2. The molecule has 24 heavy (non-hydrogen) atoms. The van der Waals surface area contributed by atoms with Gasteiger partial charge in [0, 0.05) is 13.7 Å². The average Bonchev–Trinajstić information content (AvgIpc) is 2.62. The number of hydrogen-bond donors (Lipinski definition) is 2. The summed E-state index contributed by atoms with van der Waals surface area (Å²) < 4.78 is 16.4. The topological polar surface area (TPSA) is 68.8 Å². The van der Waals surface area contributed by atoms with Gasteiger partial charge in [0.2, 0.25) is 0 Å². The SMILES string of the molecule is CCOc1c(Cl)cc(CNC(=O)C2(OC)CCNCC2)cc1OC. The normalized spacial score (nSPS) is 16.5. The Labute approximate surface area is 147 Å². The number of ether oxygens (including phenoxy) is 3. The van der Waals surface area contributed by atoms with Crippen LogP contribution in [0.25, 0.3) is 0 Å². The second-order valence-electron chi connectivity index (χ2n) is 5.67. The minimum absolute atomic E-state index is 0.101. The van der Waals surface area contributed by atoms with Gasteiger partial charge in [-0.3, -0.25) is 4.79 Å². The van der Waals surface area contributed by atoms with Crippen molar-refractivity contribution in [3.8, 4) is 11.5 Å². The van der Waals surface area contributed by atoms with Crippen molar-refractivity contribution >= 4 is 17.5 Å². The molecule has 0 radical (unpaired) electrons. The predicted molar refractivity (Wildman–Crippen MR) is 92.9 cm³/mol. The Morgan fingerprint density at radius 2 is 2.04 bits per heavy atom. The van der Waals surface area contributed by atoms with Gasteiger partial charge in [0.05, 0.1) is 18.7 Å². The summed E-state index contributed by atoms with van der Waals surface area (Å²) in [5, 5.41) is 6.64. The molecule has 2 rings (SSSR count). The number of benzene rings is 1. The molecule has 1 saturated heterocycles. The lowest BCUT2D eigenvalue weighted by atomic mass is 9.91. The molecule has 7 heteroatoms. The van der Waals surface area contributed by atoms with Crippen molar-refractivity contribution in [2.24, 2.45) is 0 Å². The van der Waals surface area contributed by atoms with E-state index in [1.807, 2.05) is 13.0 Å². The van der Waals surface area contributed by atoms with Crippen LogP contribution in [0.1, 0.15) is 25.3 Å². The number of methoxy groups -OCH3 is 2. The lowest BCUT2D eigenvalue weighted by molar-refractivity contribution is -0.146. The molecule has 0 atom stereocenters. The molecule has 1 aromatic carbocycles. The van der Waals surface area contributed by atoms with Crippen LogP contribution < -0.4 is 20.1 Å². The summed E-state index contributed by atoms with van der Waals surface area (Å²) in [7, 11) is 3.15. The van der Waals surface area contributed by atoms with Gasteiger partial charge in [-0.2, -0.15) is 0 Å². The van der Waals surface area contributed by atoms with Crippen LogP contribution in [0, 0.1) is 0 Å². The summed E-state index contributed by atoms with van der Waals surface area (Å²) in [6.07, 6.45) is 1.31. The maximum Gasteiger partial charge on any atom is 0.252 e. The molecule has 1 aromatic rings. The van der Waals surface area contributed by atoms with Gasteiger partial charge in [-0.1, -0.05) is 11.6 Å². The lowest BCUT2D eigenvalue weighted by Crippen LogP contribution is -2.53. The van der Waals surface area contributed by atoms with Gasteiger partial charge in [-0.25, -0.2) is 0 Å². The quantitative estimate of drug-likeness (QED) is 0.783. The van der Waals surface area contributed by atoms with Gasteiger partial charge in [-0.05, 0) is 50.6 Å². The Kier molecular flexibility index (Phi) is 6.71. The molecule has 134 valence electrons. The molecule has 2 N–H and O–H groups in total. The monoisotopic (exact) mass is 356 g/mol. The van der Waals surface area contributed by atoms with E-state index in [1.54, 1.807) is 20.3 Å². The van der Waals surface area contributed by atoms with Crippen molar-refractivity contribution in [1.82, 2.24) is 10.6 Å². The van der Waals surface area contributed by atoms with E-state index < -0.39 is 5.60 Å². The number of piperidine rings is 1. The van der Waals surface area contributed by atoms with E-state index in [0.717, 1.165) is 18.7 Å². The molecule has 0 saturated carbocycles. The molecule has 1 heterocycles. The van der Waals surface area contributed by atoms with Gasteiger partial charge >= 0.3 is 0 Å². The molecular formula is C17H25ClN2O4. The molecule has 1 fully saturated rings. The number of amides is 1. The fraction of sp³-hybridized carbons (Fsp3) is 0.588. The molecule has 0 bridgehead atoms. The standard InChI is InChI=1S/C17H25ClN2O4/c1-4-24-15-13(18)9-12(10-14(15)22-2)11-20-16(21)17(23-3)5-7-19-8-6-17/h9-10,19H,4-8,11H2,1-3H3,(H,20,21). The van der Waals surface area contributed by atoms with Crippen LogP contribution in [0.2, 0.25) is 5.02 Å². The minimum Gasteiger partial charge on any atom is -0.493 e. The molecule has 1 aliphatic heterocycles. The molecule has 0 spiro atoms. The zero-order valence-electron chi connectivity index (χ0n) is 14.4. The first kappa shape index (κ1) is 18.8. The number of hydrogen-bond acceptors (Lipinski definition) is 5. The van der Waals surface area contributed by atoms with Crippen LogP contribution in [-0.2, 0) is 16.1 Å². The third-order valence-electron chi connectivity index (χ3n) is 4.25. The van der Waals surface area contributed by atoms with Crippen molar-refractivity contribution in [2.45, 2.75) is 31.9 Å². The van der Waals surface area contributed by atoms with Gasteiger partial charge in [0.1, 0.15) is 5.60 Å². The van der Waals surface area contributed by atoms with E-state index in [9.17, 15) is 4.79 Å². The van der Waals surface area contributed by atoms with E-state index in [2.05, 4.69) is 10.6 Å². The van der Waals surface area contributed by atoms with Crippen molar-refractivity contribution in [3.63, 3.8) is 0 Å². The van der Waals surface area contributed by atoms with E-state index in [4.69, 9.17) is 25.8 Å². The predicted octanol–water partition coefficient (Wildman–Crippen LogP) is 2.13. The summed E-state index contributed by atoms with van der Waals surface area (Å²) in [6.45, 7) is 4.26. The van der Waals surface area contributed by atoms with Crippen molar-refractivity contribution in [1.29, 1.82) is 0 Å². The number of rotatable bonds is 7. The molecule has 6 nitrogen and oxygen atoms in total. The van der Waals surface area contributed by atoms with Crippen molar-refractivity contribution in [2.75, 3.05) is 33.9 Å².